The van der Waals surface area contributed by atoms with Crippen LogP contribution in [0.3, 0.4) is 0 Å². The van der Waals surface area contributed by atoms with Gasteiger partial charge in [-0.2, -0.15) is 0 Å². The molecule has 0 radical (unpaired) electrons. The number of aromatic nitrogens is 1. The topological polar surface area (TPSA) is 68.3 Å². The first-order valence-electron chi connectivity index (χ1n) is 6.01. The summed E-state index contributed by atoms with van der Waals surface area (Å²) >= 11 is 0. The van der Waals surface area contributed by atoms with Crippen LogP contribution in [0.25, 0.3) is 6.08 Å². The first kappa shape index (κ1) is 14.9. The highest BCUT2D eigenvalue weighted by Crippen LogP contribution is 2.04. The highest BCUT2D eigenvalue weighted by Gasteiger charge is 2.23. The lowest BCUT2D eigenvalue weighted by atomic mass is 10.0. The van der Waals surface area contributed by atoms with Gasteiger partial charge in [-0.1, -0.05) is 13.8 Å². The molecule has 0 aliphatic heterocycles. The van der Waals surface area contributed by atoms with Crippen LogP contribution in [0.15, 0.2) is 30.6 Å². The standard InChI is InChI=1S/C14H18N2O3/c1-10(2)13(14(18)19-3)16-12(17)5-4-11-6-8-15-9-7-11/h4-10,13H,1-3H3,(H,16,17)/b5-4+. The first-order chi connectivity index (χ1) is 9.04. The molecule has 1 unspecified atom stereocenters. The fourth-order valence-electron chi connectivity index (χ4n) is 1.47. The molecule has 1 aromatic heterocycles. The van der Waals surface area contributed by atoms with Gasteiger partial charge >= 0.3 is 5.97 Å². The van der Waals surface area contributed by atoms with Crippen molar-refractivity contribution in [1.82, 2.24) is 10.3 Å². The molecule has 0 fully saturated rings. The van der Waals surface area contributed by atoms with Crippen molar-refractivity contribution in [2.45, 2.75) is 19.9 Å². The molecule has 1 heterocycles. The van der Waals surface area contributed by atoms with Gasteiger partial charge in [0.25, 0.3) is 0 Å². The van der Waals surface area contributed by atoms with Gasteiger partial charge < -0.3 is 10.1 Å². The molecule has 0 aliphatic rings. The maximum absolute atomic E-state index is 11.7. The number of carbonyl (C=O) groups is 2. The molecule has 1 N–H and O–H groups in total. The number of esters is 1. The third-order valence-corrected chi connectivity index (χ3v) is 2.55. The summed E-state index contributed by atoms with van der Waals surface area (Å²) in [7, 11) is 1.30. The van der Waals surface area contributed by atoms with Crippen LogP contribution in [-0.2, 0) is 14.3 Å². The molecule has 1 rings (SSSR count). The second-order valence-corrected chi connectivity index (χ2v) is 4.37. The van der Waals surface area contributed by atoms with Gasteiger partial charge in [0.1, 0.15) is 6.04 Å². The van der Waals surface area contributed by atoms with Crippen molar-refractivity contribution in [1.29, 1.82) is 0 Å². The molecule has 5 heteroatoms. The minimum atomic E-state index is -0.639. The van der Waals surface area contributed by atoms with Gasteiger partial charge in [0, 0.05) is 18.5 Å². The Morgan fingerprint density at radius 2 is 1.95 bits per heavy atom. The number of rotatable bonds is 5. The number of ether oxygens (including phenoxy) is 1. The molecule has 1 aromatic rings. The molecule has 5 nitrogen and oxygen atoms in total. The minimum absolute atomic E-state index is 0.0364. The van der Waals surface area contributed by atoms with E-state index in [0.717, 1.165) is 5.56 Å². The minimum Gasteiger partial charge on any atom is -0.467 e. The molecule has 0 aromatic carbocycles. The zero-order chi connectivity index (χ0) is 14.3. The predicted octanol–water partition coefficient (Wildman–Crippen LogP) is 1.41. The van der Waals surface area contributed by atoms with E-state index in [9.17, 15) is 9.59 Å². The molecule has 0 saturated heterocycles. The second-order valence-electron chi connectivity index (χ2n) is 4.37. The van der Waals surface area contributed by atoms with E-state index in [1.54, 1.807) is 30.6 Å². The second kappa shape index (κ2) is 7.31. The average Bonchev–Trinajstić information content (AvgIpc) is 2.42. The van der Waals surface area contributed by atoms with E-state index >= 15 is 0 Å². The van der Waals surface area contributed by atoms with Crippen LogP contribution in [0.5, 0.6) is 0 Å². The van der Waals surface area contributed by atoms with Gasteiger partial charge in [-0.15, -0.1) is 0 Å². The third-order valence-electron chi connectivity index (χ3n) is 2.55. The van der Waals surface area contributed by atoms with Crippen molar-refractivity contribution in [2.24, 2.45) is 5.92 Å². The Balaban J connectivity index is 2.63. The Labute approximate surface area is 112 Å². The Morgan fingerprint density at radius 3 is 2.47 bits per heavy atom. The van der Waals surface area contributed by atoms with Crippen LogP contribution in [0.1, 0.15) is 19.4 Å². The predicted molar refractivity (Wildman–Crippen MR) is 72.1 cm³/mol. The highest BCUT2D eigenvalue weighted by molar-refractivity contribution is 5.94. The SMILES string of the molecule is COC(=O)C(NC(=O)/C=C/c1ccncc1)C(C)C. The van der Waals surface area contributed by atoms with Crippen LogP contribution >= 0.6 is 0 Å². The summed E-state index contributed by atoms with van der Waals surface area (Å²) in [6, 6.07) is 2.92. The number of nitrogens with zero attached hydrogens (tertiary/aromatic N) is 1. The Hall–Kier alpha value is -2.17. The monoisotopic (exact) mass is 262 g/mol. The van der Waals surface area contributed by atoms with Gasteiger partial charge in [0.2, 0.25) is 5.91 Å². The highest BCUT2D eigenvalue weighted by atomic mass is 16.5. The number of nitrogens with one attached hydrogen (secondary N) is 1. The van der Waals surface area contributed by atoms with Crippen LogP contribution in [0, 0.1) is 5.92 Å². The van der Waals surface area contributed by atoms with E-state index in [2.05, 4.69) is 15.0 Å². The number of methoxy groups -OCH3 is 1. The Morgan fingerprint density at radius 1 is 1.32 bits per heavy atom. The molecular formula is C14H18N2O3. The van der Waals surface area contributed by atoms with E-state index in [0.29, 0.717) is 0 Å². The molecule has 1 atom stereocenters. The number of carbonyl (C=O) groups excluding carboxylic acids is 2. The van der Waals surface area contributed by atoms with E-state index in [-0.39, 0.29) is 11.8 Å². The van der Waals surface area contributed by atoms with Crippen molar-refractivity contribution < 1.29 is 14.3 Å². The summed E-state index contributed by atoms with van der Waals surface area (Å²) in [6.07, 6.45) is 6.32. The van der Waals surface area contributed by atoms with Crippen molar-refractivity contribution in [2.75, 3.05) is 7.11 Å². The maximum Gasteiger partial charge on any atom is 0.328 e. The summed E-state index contributed by atoms with van der Waals surface area (Å²) in [4.78, 5) is 27.1. The largest absolute Gasteiger partial charge is 0.467 e. The molecule has 0 aliphatic carbocycles. The quantitative estimate of drug-likeness (QED) is 0.643. The fraction of sp³-hybridized carbons (Fsp3) is 0.357. The maximum atomic E-state index is 11.7. The molecule has 0 bridgehead atoms. The van der Waals surface area contributed by atoms with Crippen molar-refractivity contribution >= 4 is 18.0 Å². The van der Waals surface area contributed by atoms with E-state index in [4.69, 9.17) is 0 Å². The Bertz CT molecular complexity index is 455. The summed E-state index contributed by atoms with van der Waals surface area (Å²) < 4.78 is 4.65. The molecular weight excluding hydrogens is 244 g/mol. The van der Waals surface area contributed by atoms with Gasteiger partial charge in [0.05, 0.1) is 7.11 Å². The summed E-state index contributed by atoms with van der Waals surface area (Å²) in [6.45, 7) is 3.68. The van der Waals surface area contributed by atoms with Gasteiger partial charge in [-0.05, 0) is 29.7 Å². The van der Waals surface area contributed by atoms with Gasteiger partial charge in [0.15, 0.2) is 0 Å². The number of hydrogen-bond acceptors (Lipinski definition) is 4. The molecule has 102 valence electrons. The van der Waals surface area contributed by atoms with Gasteiger partial charge in [-0.3, -0.25) is 9.78 Å². The summed E-state index contributed by atoms with van der Waals surface area (Å²) in [5, 5.41) is 2.62. The van der Waals surface area contributed by atoms with Crippen molar-refractivity contribution in [3.8, 4) is 0 Å². The number of pyridine rings is 1. The lowest BCUT2D eigenvalue weighted by molar-refractivity contribution is -0.145. The number of amides is 1. The van der Waals surface area contributed by atoms with Gasteiger partial charge in [-0.25, -0.2) is 4.79 Å². The third kappa shape index (κ3) is 4.91. The normalized spacial score (nSPS) is 12.4. The average molecular weight is 262 g/mol. The molecule has 1 amide bonds. The lowest BCUT2D eigenvalue weighted by Gasteiger charge is -2.18. The van der Waals surface area contributed by atoms with E-state index in [1.807, 2.05) is 13.8 Å². The summed E-state index contributed by atoms with van der Waals surface area (Å²) in [5.74, 6) is -0.813. The lowest BCUT2D eigenvalue weighted by Crippen LogP contribution is -2.44. The first-order valence-corrected chi connectivity index (χ1v) is 6.01. The van der Waals surface area contributed by atoms with Crippen LogP contribution in [0.4, 0.5) is 0 Å². The number of hydrogen-bond donors (Lipinski definition) is 1. The fourth-order valence-corrected chi connectivity index (χ4v) is 1.47. The zero-order valence-corrected chi connectivity index (χ0v) is 11.3. The molecule has 0 spiro atoms. The van der Waals surface area contributed by atoms with Crippen molar-refractivity contribution in [3.63, 3.8) is 0 Å². The van der Waals surface area contributed by atoms with Crippen LogP contribution in [0.2, 0.25) is 0 Å². The van der Waals surface area contributed by atoms with E-state index in [1.165, 1.54) is 13.2 Å². The van der Waals surface area contributed by atoms with Crippen molar-refractivity contribution in [3.05, 3.63) is 36.2 Å². The van der Waals surface area contributed by atoms with Crippen LogP contribution in [-0.4, -0.2) is 30.0 Å². The Kier molecular flexibility index (Phi) is 5.73. The zero-order valence-electron chi connectivity index (χ0n) is 11.3. The molecule has 0 saturated carbocycles. The van der Waals surface area contributed by atoms with Crippen LogP contribution < -0.4 is 5.32 Å². The summed E-state index contributed by atoms with van der Waals surface area (Å²) in [5.41, 5.74) is 0.865. The molecule has 19 heavy (non-hydrogen) atoms. The smallest absolute Gasteiger partial charge is 0.328 e. The van der Waals surface area contributed by atoms with E-state index < -0.39 is 12.0 Å².